The summed E-state index contributed by atoms with van der Waals surface area (Å²) in [6.07, 6.45) is 1.84. The third-order valence-corrected chi connectivity index (χ3v) is 8.20. The van der Waals surface area contributed by atoms with Crippen LogP contribution in [0.3, 0.4) is 0 Å². The van der Waals surface area contributed by atoms with Crippen molar-refractivity contribution < 1.29 is 48.5 Å². The molecule has 2 aliphatic rings. The van der Waals surface area contributed by atoms with Crippen LogP contribution in [-0.2, 0) is 14.4 Å². The number of nitro benzene ring substituents is 1. The van der Waals surface area contributed by atoms with E-state index in [1.807, 2.05) is 49.5 Å². The molecule has 1 atom stereocenters. The van der Waals surface area contributed by atoms with Gasteiger partial charge in [-0.1, -0.05) is 12.1 Å². The highest BCUT2D eigenvalue weighted by Gasteiger charge is 2.35. The molecule has 0 bridgehead atoms. The van der Waals surface area contributed by atoms with E-state index >= 15 is 0 Å². The maximum absolute atomic E-state index is 13.2. The quantitative estimate of drug-likeness (QED) is 0.112. The SMILES string of the molecule is CN(CCCOc1ccc([N+](=O)[O-])cc1C1Sc2ccccc2N(C)C1=O)CCOc1ccc2c(c1)OCO2.O=C(O)C=CC(=O)O. The van der Waals surface area contributed by atoms with Gasteiger partial charge >= 0.3 is 11.9 Å². The van der Waals surface area contributed by atoms with Crippen molar-refractivity contribution in [2.75, 3.05) is 52.1 Å². The number of amides is 1. The van der Waals surface area contributed by atoms with Crippen LogP contribution in [0.15, 0.2) is 77.7 Å². The highest BCUT2D eigenvalue weighted by atomic mass is 32.2. The van der Waals surface area contributed by atoms with Gasteiger partial charge in [0.2, 0.25) is 12.7 Å². The second-order valence-electron chi connectivity index (χ2n) is 10.2. The number of benzene rings is 3. The molecule has 0 radical (unpaired) electrons. The molecule has 0 aromatic heterocycles. The highest BCUT2D eigenvalue weighted by molar-refractivity contribution is 8.00. The van der Waals surface area contributed by atoms with E-state index < -0.39 is 22.1 Å². The summed E-state index contributed by atoms with van der Waals surface area (Å²) >= 11 is 1.38. The number of likely N-dealkylation sites (N-methyl/N-ethyl adjacent to an activating group) is 2. The van der Waals surface area contributed by atoms with Crippen LogP contribution in [-0.4, -0.2) is 85.1 Å². The molecule has 1 unspecified atom stereocenters. The Morgan fingerprint density at radius 2 is 1.74 bits per heavy atom. The van der Waals surface area contributed by atoms with Crippen molar-refractivity contribution in [1.82, 2.24) is 4.90 Å². The summed E-state index contributed by atoms with van der Waals surface area (Å²) in [4.78, 5) is 48.1. The van der Waals surface area contributed by atoms with Crippen LogP contribution in [0.2, 0.25) is 0 Å². The van der Waals surface area contributed by atoms with Crippen LogP contribution >= 0.6 is 11.8 Å². The van der Waals surface area contributed by atoms with Crippen molar-refractivity contribution in [2.24, 2.45) is 0 Å². The fraction of sp³-hybridized carbons (Fsp3) is 0.281. The van der Waals surface area contributed by atoms with Gasteiger partial charge in [-0.25, -0.2) is 9.59 Å². The molecule has 47 heavy (non-hydrogen) atoms. The van der Waals surface area contributed by atoms with Crippen LogP contribution in [0.25, 0.3) is 0 Å². The Kier molecular flexibility index (Phi) is 12.0. The molecule has 2 N–H and O–H groups in total. The second kappa shape index (κ2) is 16.3. The maximum Gasteiger partial charge on any atom is 0.328 e. The first kappa shape index (κ1) is 34.6. The number of carboxylic acids is 2. The molecule has 0 saturated heterocycles. The normalized spacial score (nSPS) is 14.7. The number of hydrogen-bond donors (Lipinski definition) is 2. The number of hydrogen-bond acceptors (Lipinski definition) is 11. The molecule has 2 heterocycles. The Labute approximate surface area is 274 Å². The van der Waals surface area contributed by atoms with Crippen molar-refractivity contribution in [1.29, 1.82) is 0 Å². The standard InChI is InChI=1S/C28H29N3O7S.C4H4O4/c1-29(13-15-35-20-9-11-24-25(17-20)38-18-37-24)12-5-14-36-23-10-8-19(31(33)34)16-21(23)27-28(32)30(2)22-6-3-4-7-26(22)39-27;5-3(6)1-2-4(7)8/h3-4,6-11,16-17,27H,5,12-15,18H2,1-2H3;1-2H,(H,5,6)(H,7,8). The summed E-state index contributed by atoms with van der Waals surface area (Å²) in [5.74, 6) is -0.0455. The Hall–Kier alpha value is -5.28. The van der Waals surface area contributed by atoms with E-state index in [-0.39, 0.29) is 18.4 Å². The van der Waals surface area contributed by atoms with Crippen LogP contribution in [0.4, 0.5) is 11.4 Å². The number of carboxylic acid groups (broad SMARTS) is 2. The van der Waals surface area contributed by atoms with E-state index in [0.29, 0.717) is 42.4 Å². The largest absolute Gasteiger partial charge is 0.493 e. The summed E-state index contributed by atoms with van der Waals surface area (Å²) in [5, 5.41) is 26.5. The summed E-state index contributed by atoms with van der Waals surface area (Å²) in [6, 6.07) is 17.6. The first-order chi connectivity index (χ1) is 22.5. The lowest BCUT2D eigenvalue weighted by Crippen LogP contribution is -2.34. The van der Waals surface area contributed by atoms with Crippen LogP contribution in [0, 0.1) is 10.1 Å². The van der Waals surface area contributed by atoms with Gasteiger partial charge in [-0.05, 0) is 43.8 Å². The van der Waals surface area contributed by atoms with Crippen LogP contribution < -0.4 is 23.8 Å². The molecule has 1 amide bonds. The third-order valence-electron chi connectivity index (χ3n) is 6.91. The van der Waals surface area contributed by atoms with Crippen LogP contribution in [0.5, 0.6) is 23.0 Å². The van der Waals surface area contributed by atoms with E-state index in [0.717, 1.165) is 41.6 Å². The predicted molar refractivity (Wildman–Crippen MR) is 172 cm³/mol. The van der Waals surface area contributed by atoms with E-state index in [1.165, 1.54) is 23.9 Å². The molecule has 0 spiro atoms. The number of thioether (sulfide) groups is 1. The molecule has 248 valence electrons. The molecular weight excluding hydrogens is 634 g/mol. The number of fused-ring (bicyclic) bond motifs is 2. The number of anilines is 1. The number of nitrogens with zero attached hydrogens (tertiary/aromatic N) is 3. The number of carbonyl (C=O) groups excluding carboxylic acids is 1. The lowest BCUT2D eigenvalue weighted by atomic mass is 10.1. The molecule has 3 aromatic rings. The number of nitro groups is 1. The first-order valence-electron chi connectivity index (χ1n) is 14.3. The lowest BCUT2D eigenvalue weighted by molar-refractivity contribution is -0.384. The van der Waals surface area contributed by atoms with Gasteiger partial charge in [0.05, 0.1) is 17.2 Å². The number of carbonyl (C=O) groups is 3. The van der Waals surface area contributed by atoms with Crippen LogP contribution in [0.1, 0.15) is 17.2 Å². The van der Waals surface area contributed by atoms with Crippen molar-refractivity contribution in [3.05, 3.63) is 88.5 Å². The second-order valence-corrected chi connectivity index (χ2v) is 11.4. The van der Waals surface area contributed by atoms with Gasteiger partial charge in [0.15, 0.2) is 11.5 Å². The fourth-order valence-corrected chi connectivity index (χ4v) is 5.85. The third kappa shape index (κ3) is 9.61. The summed E-state index contributed by atoms with van der Waals surface area (Å²) < 4.78 is 22.6. The average molecular weight is 668 g/mol. The molecule has 0 aliphatic carbocycles. The number of non-ortho nitro benzene ring substituents is 1. The zero-order chi connectivity index (χ0) is 33.9. The number of para-hydroxylation sites is 1. The van der Waals surface area contributed by atoms with Gasteiger partial charge in [0.1, 0.15) is 23.4 Å². The lowest BCUT2D eigenvalue weighted by Gasteiger charge is -2.31. The summed E-state index contributed by atoms with van der Waals surface area (Å²) in [7, 11) is 3.72. The van der Waals surface area contributed by atoms with Crippen molar-refractivity contribution in [3.8, 4) is 23.0 Å². The fourth-order valence-electron chi connectivity index (χ4n) is 4.55. The maximum atomic E-state index is 13.2. The highest BCUT2D eigenvalue weighted by Crippen LogP contribution is 2.48. The molecular formula is C32H33N3O11S. The van der Waals surface area contributed by atoms with E-state index in [2.05, 4.69) is 4.90 Å². The van der Waals surface area contributed by atoms with E-state index in [9.17, 15) is 24.5 Å². The zero-order valence-corrected chi connectivity index (χ0v) is 26.4. The number of rotatable bonds is 13. The minimum atomic E-state index is -1.26. The molecule has 3 aromatic carbocycles. The molecule has 0 saturated carbocycles. The smallest absolute Gasteiger partial charge is 0.328 e. The Morgan fingerprint density at radius 3 is 2.47 bits per heavy atom. The monoisotopic (exact) mass is 667 g/mol. The van der Waals surface area contributed by atoms with Gasteiger partial charge in [-0.3, -0.25) is 14.9 Å². The molecule has 0 fully saturated rings. The van der Waals surface area contributed by atoms with Gasteiger partial charge in [-0.15, -0.1) is 11.8 Å². The van der Waals surface area contributed by atoms with Crippen molar-refractivity contribution in [2.45, 2.75) is 16.6 Å². The molecule has 15 heteroatoms. The van der Waals surface area contributed by atoms with Gasteiger partial charge in [0.25, 0.3) is 5.69 Å². The Bertz CT molecular complexity index is 1630. The summed E-state index contributed by atoms with van der Waals surface area (Å²) in [6.45, 7) is 2.62. The van der Waals surface area contributed by atoms with E-state index in [4.69, 9.17) is 29.2 Å². The minimum absolute atomic E-state index is 0.0746. The topological polar surface area (TPSA) is 178 Å². The zero-order valence-electron chi connectivity index (χ0n) is 25.6. The average Bonchev–Trinajstić information content (AvgIpc) is 3.52. The van der Waals surface area contributed by atoms with Gasteiger partial charge in [0, 0.05) is 60.9 Å². The predicted octanol–water partition coefficient (Wildman–Crippen LogP) is 4.62. The molecule has 2 aliphatic heterocycles. The Balaban J connectivity index is 0.000000555. The van der Waals surface area contributed by atoms with Gasteiger partial charge < -0.3 is 39.0 Å². The summed E-state index contributed by atoms with van der Waals surface area (Å²) in [5.41, 5.74) is 1.25. The molecule has 14 nitrogen and oxygen atoms in total. The van der Waals surface area contributed by atoms with E-state index in [1.54, 1.807) is 18.0 Å². The van der Waals surface area contributed by atoms with Crippen molar-refractivity contribution >= 4 is 41.0 Å². The number of ether oxygens (including phenoxy) is 4. The van der Waals surface area contributed by atoms with Gasteiger partial charge in [-0.2, -0.15) is 0 Å². The first-order valence-corrected chi connectivity index (χ1v) is 15.2. The molecule has 5 rings (SSSR count). The Morgan fingerprint density at radius 1 is 1.02 bits per heavy atom. The minimum Gasteiger partial charge on any atom is -0.493 e. The van der Waals surface area contributed by atoms with Crippen molar-refractivity contribution in [3.63, 3.8) is 0 Å². The number of aliphatic carboxylic acids is 2.